The summed E-state index contributed by atoms with van der Waals surface area (Å²) in [5.74, 6) is -0.546. The molecule has 2 aromatic carbocycles. The molecule has 0 aromatic heterocycles. The maximum Gasteiger partial charge on any atom is 0.250 e. The number of nitrogen functional groups attached to an aromatic ring is 1. The van der Waals surface area contributed by atoms with Crippen LogP contribution in [0.25, 0.3) is 0 Å². The molecule has 0 radical (unpaired) electrons. The molecule has 2 rings (SSSR count). The number of hydrogen-bond acceptors (Lipinski definition) is 4. The maximum atomic E-state index is 11.7. The van der Waals surface area contributed by atoms with Gasteiger partial charge in [-0.2, -0.15) is 5.26 Å². The smallest absolute Gasteiger partial charge is 0.250 e. The van der Waals surface area contributed by atoms with Crippen molar-refractivity contribution >= 4 is 23.0 Å². The van der Waals surface area contributed by atoms with Crippen LogP contribution in [0.15, 0.2) is 48.5 Å². The van der Waals surface area contributed by atoms with Crippen molar-refractivity contribution in [3.63, 3.8) is 0 Å². The van der Waals surface area contributed by atoms with Crippen LogP contribution in [-0.4, -0.2) is 12.5 Å². The number of anilines is 3. The summed E-state index contributed by atoms with van der Waals surface area (Å²) in [5.41, 5.74) is 13.5. The summed E-state index contributed by atoms with van der Waals surface area (Å²) < 4.78 is 0. The maximum absolute atomic E-state index is 11.7. The molecule has 0 saturated carbocycles. The van der Waals surface area contributed by atoms with Crippen LogP contribution in [0.4, 0.5) is 17.1 Å². The first-order chi connectivity index (χ1) is 10.1. The lowest BCUT2D eigenvalue weighted by molar-refractivity contribution is 0.100. The van der Waals surface area contributed by atoms with Gasteiger partial charge in [-0.3, -0.25) is 4.79 Å². The summed E-state index contributed by atoms with van der Waals surface area (Å²) in [5, 5.41) is 8.84. The molecule has 5 nitrogen and oxygen atoms in total. The molecule has 0 bridgehead atoms. The van der Waals surface area contributed by atoms with E-state index in [0.717, 1.165) is 5.69 Å². The molecule has 0 unspecified atom stereocenters. The molecule has 0 saturated heterocycles. The van der Waals surface area contributed by atoms with E-state index >= 15 is 0 Å². The van der Waals surface area contributed by atoms with E-state index in [1.54, 1.807) is 18.2 Å². The van der Waals surface area contributed by atoms with E-state index in [-0.39, 0.29) is 0 Å². The lowest BCUT2D eigenvalue weighted by atomic mass is 10.1. The number of primary amides is 1. The standard InChI is InChI=1S/C16H16N4O/c17-9-4-10-20(13-5-2-1-3-6-13)15-8-7-12(18)11-14(15)16(19)21/h1-3,5-8,11H,4,10,18H2,(H2,19,21). The Balaban J connectivity index is 2.52. The van der Waals surface area contributed by atoms with E-state index in [2.05, 4.69) is 6.07 Å². The predicted molar refractivity (Wildman–Crippen MR) is 83.1 cm³/mol. The summed E-state index contributed by atoms with van der Waals surface area (Å²) in [6, 6.07) is 16.7. The minimum Gasteiger partial charge on any atom is -0.399 e. The zero-order valence-electron chi connectivity index (χ0n) is 11.5. The highest BCUT2D eigenvalue weighted by Crippen LogP contribution is 2.30. The van der Waals surface area contributed by atoms with Gasteiger partial charge in [0, 0.05) is 17.9 Å². The fourth-order valence-electron chi connectivity index (χ4n) is 2.14. The number of nitrogens with zero attached hydrogens (tertiary/aromatic N) is 2. The number of nitriles is 1. The molecule has 106 valence electrons. The first-order valence-electron chi connectivity index (χ1n) is 6.52. The van der Waals surface area contributed by atoms with Gasteiger partial charge in [-0.15, -0.1) is 0 Å². The Bertz CT molecular complexity index is 676. The number of carbonyl (C=O) groups excluding carboxylic acids is 1. The summed E-state index contributed by atoms with van der Waals surface area (Å²) in [6.07, 6.45) is 0.331. The van der Waals surface area contributed by atoms with Gasteiger partial charge < -0.3 is 16.4 Å². The molecular weight excluding hydrogens is 264 g/mol. The molecule has 0 aliphatic carbocycles. The second-order valence-electron chi connectivity index (χ2n) is 4.54. The van der Waals surface area contributed by atoms with Gasteiger partial charge in [0.05, 0.1) is 23.7 Å². The van der Waals surface area contributed by atoms with Crippen molar-refractivity contribution in [2.24, 2.45) is 5.73 Å². The van der Waals surface area contributed by atoms with Gasteiger partial charge in [-0.1, -0.05) is 18.2 Å². The number of nitrogens with two attached hydrogens (primary N) is 2. The molecular formula is C16H16N4O. The molecule has 0 aliphatic heterocycles. The Hall–Kier alpha value is -3.00. The molecule has 5 heteroatoms. The van der Waals surface area contributed by atoms with Gasteiger partial charge in [0.25, 0.3) is 5.91 Å². The summed E-state index contributed by atoms with van der Waals surface area (Å²) >= 11 is 0. The third kappa shape index (κ3) is 3.31. The van der Waals surface area contributed by atoms with Crippen LogP contribution in [0.3, 0.4) is 0 Å². The van der Waals surface area contributed by atoms with E-state index in [4.69, 9.17) is 16.7 Å². The lowest BCUT2D eigenvalue weighted by Gasteiger charge is -2.26. The quantitative estimate of drug-likeness (QED) is 0.822. The number of para-hydroxylation sites is 1. The Morgan fingerprint density at radius 2 is 1.90 bits per heavy atom. The molecule has 21 heavy (non-hydrogen) atoms. The minimum absolute atomic E-state index is 0.331. The SMILES string of the molecule is N#CCCN(c1ccccc1)c1ccc(N)cc1C(N)=O. The molecule has 4 N–H and O–H groups in total. The molecule has 0 aliphatic rings. The van der Waals surface area contributed by atoms with Crippen molar-refractivity contribution in [1.82, 2.24) is 0 Å². The van der Waals surface area contributed by atoms with Gasteiger partial charge in [0.15, 0.2) is 0 Å². The van der Waals surface area contributed by atoms with Crippen LogP contribution in [0.5, 0.6) is 0 Å². The molecule has 2 aromatic rings. The van der Waals surface area contributed by atoms with Gasteiger partial charge in [0.2, 0.25) is 0 Å². The third-order valence-corrected chi connectivity index (χ3v) is 3.09. The highest BCUT2D eigenvalue weighted by molar-refractivity contribution is 6.00. The number of benzene rings is 2. The molecule has 0 heterocycles. The third-order valence-electron chi connectivity index (χ3n) is 3.09. The normalized spacial score (nSPS) is 9.86. The second kappa shape index (κ2) is 6.44. The lowest BCUT2D eigenvalue weighted by Crippen LogP contribution is -2.23. The topological polar surface area (TPSA) is 96.1 Å². The van der Waals surface area contributed by atoms with Crippen molar-refractivity contribution in [3.8, 4) is 6.07 Å². The fraction of sp³-hybridized carbons (Fsp3) is 0.125. The zero-order valence-corrected chi connectivity index (χ0v) is 11.5. The van der Waals surface area contributed by atoms with Crippen molar-refractivity contribution < 1.29 is 4.79 Å². The number of hydrogen-bond donors (Lipinski definition) is 2. The van der Waals surface area contributed by atoms with E-state index in [0.29, 0.717) is 29.9 Å². The Kier molecular flexibility index (Phi) is 4.42. The zero-order chi connectivity index (χ0) is 15.2. The Labute approximate surface area is 123 Å². The van der Waals surface area contributed by atoms with E-state index in [1.807, 2.05) is 35.2 Å². The average molecular weight is 280 g/mol. The summed E-state index contributed by atoms with van der Waals surface area (Å²) in [4.78, 5) is 13.6. The van der Waals surface area contributed by atoms with Crippen LogP contribution in [0.2, 0.25) is 0 Å². The van der Waals surface area contributed by atoms with Gasteiger partial charge in [0.1, 0.15) is 0 Å². The molecule has 0 fully saturated rings. The molecule has 0 atom stereocenters. The highest BCUT2D eigenvalue weighted by atomic mass is 16.1. The van der Waals surface area contributed by atoms with Gasteiger partial charge >= 0.3 is 0 Å². The Morgan fingerprint density at radius 1 is 1.19 bits per heavy atom. The monoisotopic (exact) mass is 280 g/mol. The minimum atomic E-state index is -0.546. The van der Waals surface area contributed by atoms with Gasteiger partial charge in [-0.05, 0) is 30.3 Å². The highest BCUT2D eigenvalue weighted by Gasteiger charge is 2.16. The summed E-state index contributed by atoms with van der Waals surface area (Å²) in [6.45, 7) is 0.463. The van der Waals surface area contributed by atoms with Crippen LogP contribution in [0.1, 0.15) is 16.8 Å². The molecule has 1 amide bonds. The first kappa shape index (κ1) is 14.4. The van der Waals surface area contributed by atoms with Crippen LogP contribution >= 0.6 is 0 Å². The Morgan fingerprint density at radius 3 is 2.52 bits per heavy atom. The summed E-state index contributed by atoms with van der Waals surface area (Å²) in [7, 11) is 0. The van der Waals surface area contributed by atoms with Crippen molar-refractivity contribution in [2.45, 2.75) is 6.42 Å². The van der Waals surface area contributed by atoms with E-state index in [1.165, 1.54) is 0 Å². The average Bonchev–Trinajstić information content (AvgIpc) is 2.49. The fourth-order valence-corrected chi connectivity index (χ4v) is 2.14. The van der Waals surface area contributed by atoms with Crippen LogP contribution in [0, 0.1) is 11.3 Å². The van der Waals surface area contributed by atoms with Crippen LogP contribution < -0.4 is 16.4 Å². The molecule has 0 spiro atoms. The van der Waals surface area contributed by atoms with E-state index < -0.39 is 5.91 Å². The first-order valence-corrected chi connectivity index (χ1v) is 6.52. The van der Waals surface area contributed by atoms with Crippen LogP contribution in [-0.2, 0) is 0 Å². The second-order valence-corrected chi connectivity index (χ2v) is 4.54. The van der Waals surface area contributed by atoms with Crippen molar-refractivity contribution in [2.75, 3.05) is 17.2 Å². The largest absolute Gasteiger partial charge is 0.399 e. The van der Waals surface area contributed by atoms with Crippen molar-refractivity contribution in [3.05, 3.63) is 54.1 Å². The number of carbonyl (C=O) groups is 1. The van der Waals surface area contributed by atoms with E-state index in [9.17, 15) is 4.79 Å². The van der Waals surface area contributed by atoms with Crippen molar-refractivity contribution in [1.29, 1.82) is 5.26 Å². The number of rotatable bonds is 5. The van der Waals surface area contributed by atoms with Gasteiger partial charge in [-0.25, -0.2) is 0 Å². The predicted octanol–water partition coefficient (Wildman–Crippen LogP) is 2.42. The number of amides is 1.